The van der Waals surface area contributed by atoms with E-state index >= 15 is 0 Å². The average Bonchev–Trinajstić information content (AvgIpc) is 2.15. The Labute approximate surface area is 79.4 Å². The van der Waals surface area contributed by atoms with Crippen molar-refractivity contribution in [1.82, 2.24) is 4.98 Å². The third-order valence-corrected chi connectivity index (χ3v) is 2.11. The second kappa shape index (κ2) is 2.90. The normalized spacial score (nSPS) is 10.8. The second-order valence-electron chi connectivity index (χ2n) is 3.12. The maximum atomic E-state index is 13.2. The van der Waals surface area contributed by atoms with Crippen molar-refractivity contribution >= 4 is 16.7 Å². The molecule has 0 aliphatic carbocycles. The van der Waals surface area contributed by atoms with E-state index in [0.29, 0.717) is 5.56 Å². The van der Waals surface area contributed by atoms with Crippen LogP contribution in [0.2, 0.25) is 0 Å². The largest absolute Gasteiger partial charge is 0.383 e. The molecule has 0 saturated heterocycles. The highest BCUT2D eigenvalue weighted by molar-refractivity contribution is 5.82. The van der Waals surface area contributed by atoms with E-state index in [2.05, 4.69) is 4.98 Å². The van der Waals surface area contributed by atoms with E-state index in [1.807, 2.05) is 0 Å². The van der Waals surface area contributed by atoms with E-state index in [-0.39, 0.29) is 16.7 Å². The van der Waals surface area contributed by atoms with E-state index in [4.69, 9.17) is 5.73 Å². The minimum Gasteiger partial charge on any atom is -0.383 e. The molecule has 0 bridgehead atoms. The minimum absolute atomic E-state index is 0.0203. The van der Waals surface area contributed by atoms with Crippen LogP contribution in [-0.4, -0.2) is 4.98 Å². The number of fused-ring (bicyclic) bond motifs is 1. The summed E-state index contributed by atoms with van der Waals surface area (Å²) in [6, 6.07) is 3.62. The van der Waals surface area contributed by atoms with Crippen LogP contribution in [0.15, 0.2) is 18.2 Å². The minimum atomic E-state index is -0.562. The molecule has 0 aliphatic heterocycles. The van der Waals surface area contributed by atoms with E-state index in [1.54, 1.807) is 6.92 Å². The fourth-order valence-electron chi connectivity index (χ4n) is 1.31. The quantitative estimate of drug-likeness (QED) is 0.699. The summed E-state index contributed by atoms with van der Waals surface area (Å²) in [5, 5.41) is 0.164. The highest BCUT2D eigenvalue weighted by Gasteiger charge is 2.08. The number of nitrogens with two attached hydrogens (primary N) is 1. The summed E-state index contributed by atoms with van der Waals surface area (Å²) in [6.45, 7) is 1.70. The fraction of sp³-hybridized carbons (Fsp3) is 0.100. The molecular weight excluding hydrogens is 186 g/mol. The number of rotatable bonds is 0. The maximum absolute atomic E-state index is 13.2. The summed E-state index contributed by atoms with van der Waals surface area (Å²) in [7, 11) is 0. The van der Waals surface area contributed by atoms with Gasteiger partial charge in [0.2, 0.25) is 0 Å². The first-order valence-electron chi connectivity index (χ1n) is 4.10. The van der Waals surface area contributed by atoms with Crippen LogP contribution < -0.4 is 5.73 Å². The Hall–Kier alpha value is -1.71. The molecule has 0 radical (unpaired) electrons. The van der Waals surface area contributed by atoms with Crippen LogP contribution in [0, 0.1) is 18.6 Å². The number of aromatic nitrogens is 1. The summed E-state index contributed by atoms with van der Waals surface area (Å²) in [5.41, 5.74) is 6.13. The molecule has 0 fully saturated rings. The number of hydrogen-bond donors (Lipinski definition) is 1. The van der Waals surface area contributed by atoms with Crippen molar-refractivity contribution in [3.8, 4) is 0 Å². The molecule has 1 heterocycles. The topological polar surface area (TPSA) is 38.9 Å². The standard InChI is InChI=1S/C10H8F2N2/c1-5-4-6-7(11)2-3-8(12)9(6)14-10(5)13/h2-4H,1H3,(H2,13,14). The average molecular weight is 194 g/mol. The monoisotopic (exact) mass is 194 g/mol. The number of anilines is 1. The van der Waals surface area contributed by atoms with Gasteiger partial charge in [-0.05, 0) is 30.7 Å². The lowest BCUT2D eigenvalue weighted by atomic mass is 10.1. The molecular formula is C10H8F2N2. The molecule has 2 N–H and O–H groups in total. The van der Waals surface area contributed by atoms with Gasteiger partial charge in [-0.3, -0.25) is 0 Å². The third kappa shape index (κ3) is 1.19. The summed E-state index contributed by atoms with van der Waals surface area (Å²) in [6.07, 6.45) is 0. The van der Waals surface area contributed by atoms with E-state index < -0.39 is 11.6 Å². The van der Waals surface area contributed by atoms with Crippen LogP contribution in [0.1, 0.15) is 5.56 Å². The fourth-order valence-corrected chi connectivity index (χ4v) is 1.31. The highest BCUT2D eigenvalue weighted by atomic mass is 19.1. The van der Waals surface area contributed by atoms with Gasteiger partial charge in [-0.25, -0.2) is 13.8 Å². The molecule has 1 aromatic heterocycles. The molecule has 4 heteroatoms. The summed E-state index contributed by atoms with van der Waals surface area (Å²) < 4.78 is 26.4. The first-order valence-corrected chi connectivity index (χ1v) is 4.10. The van der Waals surface area contributed by atoms with Gasteiger partial charge in [0, 0.05) is 5.39 Å². The Kier molecular flexibility index (Phi) is 1.84. The van der Waals surface area contributed by atoms with Gasteiger partial charge in [-0.1, -0.05) is 0 Å². The molecule has 0 atom stereocenters. The van der Waals surface area contributed by atoms with Crippen molar-refractivity contribution in [1.29, 1.82) is 0 Å². The number of aryl methyl sites for hydroxylation is 1. The zero-order chi connectivity index (χ0) is 10.3. The molecule has 1 aromatic carbocycles. The predicted molar refractivity (Wildman–Crippen MR) is 50.8 cm³/mol. The van der Waals surface area contributed by atoms with Crippen molar-refractivity contribution in [3.05, 3.63) is 35.4 Å². The number of hydrogen-bond acceptors (Lipinski definition) is 2. The zero-order valence-corrected chi connectivity index (χ0v) is 7.51. The third-order valence-electron chi connectivity index (χ3n) is 2.11. The predicted octanol–water partition coefficient (Wildman–Crippen LogP) is 2.40. The van der Waals surface area contributed by atoms with E-state index in [0.717, 1.165) is 12.1 Å². The van der Waals surface area contributed by atoms with Crippen LogP contribution in [0.3, 0.4) is 0 Å². The van der Waals surface area contributed by atoms with Gasteiger partial charge >= 0.3 is 0 Å². The number of benzene rings is 1. The lowest BCUT2D eigenvalue weighted by molar-refractivity contribution is 0.615. The van der Waals surface area contributed by atoms with Gasteiger partial charge in [0.1, 0.15) is 23.0 Å². The summed E-state index contributed by atoms with van der Waals surface area (Å²) in [5.74, 6) is -0.827. The van der Waals surface area contributed by atoms with Gasteiger partial charge in [0.05, 0.1) is 0 Å². The zero-order valence-electron chi connectivity index (χ0n) is 7.51. The van der Waals surface area contributed by atoms with Gasteiger partial charge in [0.15, 0.2) is 0 Å². The van der Waals surface area contributed by atoms with E-state index in [1.165, 1.54) is 6.07 Å². The first kappa shape index (κ1) is 8.87. The Bertz CT molecular complexity index is 462. The molecule has 2 aromatic rings. The van der Waals surface area contributed by atoms with Crippen LogP contribution in [0.5, 0.6) is 0 Å². The lowest BCUT2D eigenvalue weighted by Gasteiger charge is -2.04. The highest BCUT2D eigenvalue weighted by Crippen LogP contribution is 2.22. The van der Waals surface area contributed by atoms with Crippen LogP contribution in [0.4, 0.5) is 14.6 Å². The van der Waals surface area contributed by atoms with Crippen molar-refractivity contribution in [2.24, 2.45) is 0 Å². The molecule has 2 nitrogen and oxygen atoms in total. The molecule has 2 rings (SSSR count). The molecule has 72 valence electrons. The first-order chi connectivity index (χ1) is 6.59. The Balaban J connectivity index is 2.94. The smallest absolute Gasteiger partial charge is 0.149 e. The molecule has 14 heavy (non-hydrogen) atoms. The Morgan fingerprint density at radius 2 is 1.86 bits per heavy atom. The van der Waals surface area contributed by atoms with Crippen molar-refractivity contribution in [2.75, 3.05) is 5.73 Å². The maximum Gasteiger partial charge on any atom is 0.149 e. The second-order valence-corrected chi connectivity index (χ2v) is 3.12. The molecule has 0 spiro atoms. The van der Waals surface area contributed by atoms with E-state index in [9.17, 15) is 8.78 Å². The van der Waals surface area contributed by atoms with Crippen LogP contribution in [0.25, 0.3) is 10.9 Å². The number of nitrogen functional groups attached to an aromatic ring is 1. The number of pyridine rings is 1. The molecule has 0 saturated carbocycles. The van der Waals surface area contributed by atoms with Crippen molar-refractivity contribution in [3.63, 3.8) is 0 Å². The lowest BCUT2D eigenvalue weighted by Crippen LogP contribution is -1.97. The summed E-state index contributed by atoms with van der Waals surface area (Å²) >= 11 is 0. The number of halogens is 2. The Morgan fingerprint density at radius 3 is 2.57 bits per heavy atom. The SMILES string of the molecule is Cc1cc2c(F)ccc(F)c2nc1N. The van der Waals surface area contributed by atoms with Crippen molar-refractivity contribution < 1.29 is 8.78 Å². The van der Waals surface area contributed by atoms with Crippen LogP contribution >= 0.6 is 0 Å². The Morgan fingerprint density at radius 1 is 1.21 bits per heavy atom. The molecule has 0 unspecified atom stereocenters. The van der Waals surface area contributed by atoms with Gasteiger partial charge in [0.25, 0.3) is 0 Å². The summed E-state index contributed by atoms with van der Waals surface area (Å²) in [4.78, 5) is 3.80. The molecule has 0 amide bonds. The van der Waals surface area contributed by atoms with Crippen molar-refractivity contribution in [2.45, 2.75) is 6.92 Å². The van der Waals surface area contributed by atoms with Gasteiger partial charge < -0.3 is 5.73 Å². The van der Waals surface area contributed by atoms with Gasteiger partial charge in [-0.15, -0.1) is 0 Å². The number of nitrogens with zero attached hydrogens (tertiary/aromatic N) is 1. The van der Waals surface area contributed by atoms with Crippen LogP contribution in [-0.2, 0) is 0 Å². The van der Waals surface area contributed by atoms with Gasteiger partial charge in [-0.2, -0.15) is 0 Å². The molecule has 0 aliphatic rings.